The van der Waals surface area contributed by atoms with E-state index in [1.807, 2.05) is 0 Å². The van der Waals surface area contributed by atoms with Gasteiger partial charge in [-0.25, -0.2) is 4.98 Å². The number of nitrogens with two attached hydrogens (primary N) is 1. The van der Waals surface area contributed by atoms with E-state index in [4.69, 9.17) is 26.8 Å². The highest BCUT2D eigenvalue weighted by Crippen LogP contribution is 2.30. The maximum atomic E-state index is 9.81. The van der Waals surface area contributed by atoms with Crippen LogP contribution in [0, 0.1) is 0 Å². The van der Waals surface area contributed by atoms with Crippen LogP contribution in [0.25, 0.3) is 0 Å². The van der Waals surface area contributed by atoms with Gasteiger partial charge in [0, 0.05) is 16.8 Å². The molecule has 7 heteroatoms. The minimum atomic E-state index is 0.0938. The van der Waals surface area contributed by atoms with Gasteiger partial charge in [0.1, 0.15) is 11.5 Å². The molecule has 3 N–H and O–H groups in total. The largest absolute Gasteiger partial charge is 0.506 e. The fourth-order valence-electron chi connectivity index (χ4n) is 2.40. The number of nitrogen functional groups attached to an aromatic ring is 1. The molecule has 1 aromatic carbocycles. The van der Waals surface area contributed by atoms with Crippen LogP contribution < -0.4 is 15.2 Å². The average Bonchev–Trinajstić information content (AvgIpc) is 2.62. The topological polar surface area (TPSA) is 90.5 Å². The lowest BCUT2D eigenvalue weighted by molar-refractivity contribution is 0.292. The first-order valence-electron chi connectivity index (χ1n) is 8.06. The summed E-state index contributed by atoms with van der Waals surface area (Å²) in [7, 11) is 0. The second-order valence-electron chi connectivity index (χ2n) is 5.54. The number of halogens is 1. The third-order valence-electron chi connectivity index (χ3n) is 3.64. The first-order valence-corrected chi connectivity index (χ1v) is 8.44. The van der Waals surface area contributed by atoms with E-state index in [1.54, 1.807) is 42.6 Å². The van der Waals surface area contributed by atoms with E-state index in [9.17, 15) is 5.11 Å². The Kier molecular flexibility index (Phi) is 5.76. The normalized spacial score (nSPS) is 10.5. The summed E-state index contributed by atoms with van der Waals surface area (Å²) in [6.07, 6.45) is 5.76. The van der Waals surface area contributed by atoms with Gasteiger partial charge in [0.15, 0.2) is 5.75 Å². The van der Waals surface area contributed by atoms with E-state index in [1.165, 1.54) is 12.4 Å². The zero-order chi connectivity index (χ0) is 18.4. The maximum Gasteiger partial charge on any atom is 0.262 e. The average molecular weight is 372 g/mol. The summed E-state index contributed by atoms with van der Waals surface area (Å²) in [6, 6.07) is 10.6. The molecule has 26 heavy (non-hydrogen) atoms. The van der Waals surface area contributed by atoms with Crippen LogP contribution in [0.1, 0.15) is 12.0 Å². The molecule has 0 saturated heterocycles. The summed E-state index contributed by atoms with van der Waals surface area (Å²) in [5, 5.41) is 10.4. The summed E-state index contributed by atoms with van der Waals surface area (Å²) >= 11 is 5.97. The predicted octanol–water partition coefficient (Wildman–Crippen LogP) is 4.22. The van der Waals surface area contributed by atoms with E-state index in [2.05, 4.69) is 9.97 Å². The highest BCUT2D eigenvalue weighted by Gasteiger charge is 2.09. The van der Waals surface area contributed by atoms with Gasteiger partial charge in [0.05, 0.1) is 24.7 Å². The molecule has 3 aromatic rings. The third kappa shape index (κ3) is 4.55. The number of ether oxygens (including phenoxy) is 2. The fraction of sp³-hybridized carbons (Fsp3) is 0.158. The lowest BCUT2D eigenvalue weighted by Crippen LogP contribution is -2.03. The summed E-state index contributed by atoms with van der Waals surface area (Å²) in [6.45, 7) is 0.415. The summed E-state index contributed by atoms with van der Waals surface area (Å²) in [5.41, 5.74) is 6.97. The number of anilines is 1. The van der Waals surface area contributed by atoms with Gasteiger partial charge in [0.2, 0.25) is 0 Å². The lowest BCUT2D eigenvalue weighted by atomic mass is 10.1. The van der Waals surface area contributed by atoms with Gasteiger partial charge in [-0.05, 0) is 43.2 Å². The van der Waals surface area contributed by atoms with E-state index in [0.29, 0.717) is 53.1 Å². The SMILES string of the molecule is Nc1cncc(O)c1CCCOc1cccnc1Oc1cccc(Cl)c1. The third-order valence-corrected chi connectivity index (χ3v) is 3.88. The van der Waals surface area contributed by atoms with Crippen LogP contribution in [-0.2, 0) is 6.42 Å². The number of aromatic hydroxyl groups is 1. The Bertz CT molecular complexity index is 869. The monoisotopic (exact) mass is 371 g/mol. The first-order chi connectivity index (χ1) is 12.6. The van der Waals surface area contributed by atoms with Gasteiger partial charge in [-0.15, -0.1) is 0 Å². The van der Waals surface area contributed by atoms with Gasteiger partial charge in [-0.1, -0.05) is 17.7 Å². The number of pyridine rings is 2. The maximum absolute atomic E-state index is 9.81. The van der Waals surface area contributed by atoms with Crippen molar-refractivity contribution in [1.29, 1.82) is 0 Å². The van der Waals surface area contributed by atoms with Crippen LogP contribution in [0.15, 0.2) is 55.0 Å². The molecule has 0 radical (unpaired) electrons. The van der Waals surface area contributed by atoms with Gasteiger partial charge in [-0.2, -0.15) is 0 Å². The van der Waals surface area contributed by atoms with Crippen molar-refractivity contribution < 1.29 is 14.6 Å². The molecule has 0 aliphatic carbocycles. The van der Waals surface area contributed by atoms with Gasteiger partial charge in [-0.3, -0.25) is 4.98 Å². The second-order valence-corrected chi connectivity index (χ2v) is 5.98. The zero-order valence-corrected chi connectivity index (χ0v) is 14.7. The summed E-state index contributed by atoms with van der Waals surface area (Å²) in [5.74, 6) is 1.56. The molecule has 0 amide bonds. The molecule has 3 rings (SSSR count). The highest BCUT2D eigenvalue weighted by molar-refractivity contribution is 6.30. The van der Waals surface area contributed by atoms with Crippen molar-refractivity contribution >= 4 is 17.3 Å². The Morgan fingerprint density at radius 3 is 2.85 bits per heavy atom. The standard InChI is InChI=1S/C19H18ClN3O3/c20-13-4-1-5-14(10-13)26-19-18(7-2-8-23-19)25-9-3-6-15-16(21)11-22-12-17(15)24/h1-2,4-5,7-8,10-12,24H,3,6,9,21H2. The zero-order valence-electron chi connectivity index (χ0n) is 13.9. The molecule has 0 spiro atoms. The minimum absolute atomic E-state index is 0.0938. The Morgan fingerprint density at radius 1 is 1.15 bits per heavy atom. The van der Waals surface area contributed by atoms with Crippen LogP contribution in [0.2, 0.25) is 5.02 Å². The molecule has 6 nitrogen and oxygen atoms in total. The Labute approximate surface area is 156 Å². The van der Waals surface area contributed by atoms with Crippen LogP contribution in [0.3, 0.4) is 0 Å². The molecule has 134 valence electrons. The molecule has 0 fully saturated rings. The van der Waals surface area contributed by atoms with Crippen molar-refractivity contribution in [2.45, 2.75) is 12.8 Å². The number of nitrogens with zero attached hydrogens (tertiary/aromatic N) is 2. The van der Waals surface area contributed by atoms with Gasteiger partial charge < -0.3 is 20.3 Å². The van der Waals surface area contributed by atoms with E-state index >= 15 is 0 Å². The molecule has 0 aliphatic rings. The second kappa shape index (κ2) is 8.40. The summed E-state index contributed by atoms with van der Waals surface area (Å²) < 4.78 is 11.5. The molecule has 0 saturated carbocycles. The van der Waals surface area contributed by atoms with Crippen molar-refractivity contribution in [3.8, 4) is 23.1 Å². The number of hydrogen-bond donors (Lipinski definition) is 2. The Balaban J connectivity index is 1.60. The summed E-state index contributed by atoms with van der Waals surface area (Å²) in [4.78, 5) is 8.05. The van der Waals surface area contributed by atoms with Crippen LogP contribution in [0.4, 0.5) is 5.69 Å². The van der Waals surface area contributed by atoms with E-state index in [-0.39, 0.29) is 5.75 Å². The Morgan fingerprint density at radius 2 is 2.04 bits per heavy atom. The van der Waals surface area contributed by atoms with Crippen molar-refractivity contribution in [2.75, 3.05) is 12.3 Å². The number of aromatic nitrogens is 2. The van der Waals surface area contributed by atoms with Crippen LogP contribution in [-0.4, -0.2) is 21.7 Å². The van der Waals surface area contributed by atoms with Crippen molar-refractivity contribution in [1.82, 2.24) is 9.97 Å². The number of benzene rings is 1. The molecule has 0 atom stereocenters. The molecule has 2 aromatic heterocycles. The number of rotatable bonds is 7. The minimum Gasteiger partial charge on any atom is -0.506 e. The van der Waals surface area contributed by atoms with Crippen LogP contribution >= 0.6 is 11.6 Å². The molecular weight excluding hydrogens is 354 g/mol. The molecule has 0 bridgehead atoms. The lowest BCUT2D eigenvalue weighted by Gasteiger charge is -2.12. The van der Waals surface area contributed by atoms with Crippen molar-refractivity contribution in [2.24, 2.45) is 0 Å². The fourth-order valence-corrected chi connectivity index (χ4v) is 2.58. The van der Waals surface area contributed by atoms with Crippen LogP contribution in [0.5, 0.6) is 23.1 Å². The first kappa shape index (κ1) is 17.8. The van der Waals surface area contributed by atoms with Crippen molar-refractivity contribution in [3.05, 3.63) is 65.6 Å². The molecular formula is C19H18ClN3O3. The van der Waals surface area contributed by atoms with E-state index < -0.39 is 0 Å². The van der Waals surface area contributed by atoms with Crippen molar-refractivity contribution in [3.63, 3.8) is 0 Å². The Hall–Kier alpha value is -2.99. The molecule has 0 aliphatic heterocycles. The molecule has 2 heterocycles. The van der Waals surface area contributed by atoms with E-state index in [0.717, 1.165) is 0 Å². The highest BCUT2D eigenvalue weighted by atomic mass is 35.5. The molecule has 0 unspecified atom stereocenters. The number of hydrogen-bond acceptors (Lipinski definition) is 6. The van der Waals surface area contributed by atoms with Gasteiger partial charge >= 0.3 is 0 Å². The quantitative estimate of drug-likeness (QED) is 0.604. The van der Waals surface area contributed by atoms with Gasteiger partial charge in [0.25, 0.3) is 5.88 Å². The predicted molar refractivity (Wildman–Crippen MR) is 99.9 cm³/mol. The smallest absolute Gasteiger partial charge is 0.262 e.